The summed E-state index contributed by atoms with van der Waals surface area (Å²) in [7, 11) is 0. The minimum absolute atomic E-state index is 0.385. The molecule has 1 aliphatic rings. The number of carboxylic acid groups (broad SMARTS) is 1. The Labute approximate surface area is 113 Å². The van der Waals surface area contributed by atoms with E-state index >= 15 is 0 Å². The second-order valence-electron chi connectivity index (χ2n) is 3.76. The summed E-state index contributed by atoms with van der Waals surface area (Å²) in [5.74, 6) is -0.175. The van der Waals surface area contributed by atoms with Crippen LogP contribution in [-0.2, 0) is 4.79 Å². The van der Waals surface area contributed by atoms with Crippen LogP contribution in [0.1, 0.15) is 0 Å². The van der Waals surface area contributed by atoms with E-state index in [4.69, 9.17) is 16.7 Å². The lowest BCUT2D eigenvalue weighted by Crippen LogP contribution is -2.43. The number of hydrogen-bond acceptors (Lipinski definition) is 3. The molecule has 1 atom stereocenters. The fraction of sp³-hybridized carbons (Fsp3) is 0.273. The van der Waals surface area contributed by atoms with E-state index in [1.54, 1.807) is 24.3 Å². The molecule has 1 heterocycles. The average molecular weight is 287 g/mol. The second kappa shape index (κ2) is 5.49. The van der Waals surface area contributed by atoms with Gasteiger partial charge in [-0.1, -0.05) is 11.6 Å². The highest BCUT2D eigenvalue weighted by Crippen LogP contribution is 2.22. The van der Waals surface area contributed by atoms with Crippen LogP contribution in [0.15, 0.2) is 24.3 Å². The quantitative estimate of drug-likeness (QED) is 0.875. The Balaban J connectivity index is 2.03. The second-order valence-corrected chi connectivity index (χ2v) is 5.20. The molecule has 2 N–H and O–H groups in total. The predicted octanol–water partition coefficient (Wildman–Crippen LogP) is 2.33. The van der Waals surface area contributed by atoms with Gasteiger partial charge in [-0.2, -0.15) is 0 Å². The molecule has 1 aromatic carbocycles. The number of hydrogen-bond donors (Lipinski definition) is 2. The first kappa shape index (κ1) is 13.0. The lowest BCUT2D eigenvalue weighted by atomic mass is 10.3. The molecule has 96 valence electrons. The van der Waals surface area contributed by atoms with Crippen LogP contribution >= 0.6 is 23.4 Å². The number of aliphatic carboxylic acids is 1. The summed E-state index contributed by atoms with van der Waals surface area (Å²) < 4.78 is 0. The van der Waals surface area contributed by atoms with Gasteiger partial charge in [0.15, 0.2) is 0 Å². The maximum Gasteiger partial charge on any atom is 0.327 e. The number of anilines is 1. The smallest absolute Gasteiger partial charge is 0.327 e. The van der Waals surface area contributed by atoms with Crippen molar-refractivity contribution in [2.75, 3.05) is 16.9 Å². The number of carboxylic acids is 1. The van der Waals surface area contributed by atoms with Gasteiger partial charge in [0, 0.05) is 16.5 Å². The fourth-order valence-electron chi connectivity index (χ4n) is 1.58. The number of carbonyl (C=O) groups excluding carboxylic acids is 1. The first-order chi connectivity index (χ1) is 8.58. The van der Waals surface area contributed by atoms with Crippen molar-refractivity contribution in [1.29, 1.82) is 0 Å². The summed E-state index contributed by atoms with van der Waals surface area (Å²) in [4.78, 5) is 24.2. The minimum Gasteiger partial charge on any atom is -0.480 e. The summed E-state index contributed by atoms with van der Waals surface area (Å²) in [6.07, 6.45) is 0. The maximum absolute atomic E-state index is 11.9. The van der Waals surface area contributed by atoms with Gasteiger partial charge < -0.3 is 15.3 Å². The highest BCUT2D eigenvalue weighted by atomic mass is 35.5. The van der Waals surface area contributed by atoms with E-state index < -0.39 is 18.0 Å². The van der Waals surface area contributed by atoms with Gasteiger partial charge in [-0.3, -0.25) is 0 Å². The molecule has 7 heteroatoms. The number of benzene rings is 1. The number of halogens is 1. The Morgan fingerprint density at radius 3 is 2.67 bits per heavy atom. The van der Waals surface area contributed by atoms with Crippen molar-refractivity contribution in [2.24, 2.45) is 0 Å². The molecule has 0 radical (unpaired) electrons. The lowest BCUT2D eigenvalue weighted by molar-refractivity contribution is -0.140. The van der Waals surface area contributed by atoms with Crippen molar-refractivity contribution >= 4 is 41.1 Å². The third-order valence-corrected chi connectivity index (χ3v) is 3.79. The highest BCUT2D eigenvalue weighted by Gasteiger charge is 2.34. The molecule has 0 spiro atoms. The van der Waals surface area contributed by atoms with Crippen molar-refractivity contribution in [3.63, 3.8) is 0 Å². The predicted molar refractivity (Wildman–Crippen MR) is 71.1 cm³/mol. The molecular weight excluding hydrogens is 276 g/mol. The van der Waals surface area contributed by atoms with Crippen LogP contribution in [0.5, 0.6) is 0 Å². The van der Waals surface area contributed by atoms with Crippen LogP contribution in [0.25, 0.3) is 0 Å². The first-order valence-corrected chi connectivity index (χ1v) is 6.75. The highest BCUT2D eigenvalue weighted by molar-refractivity contribution is 7.99. The molecule has 0 aromatic heterocycles. The topological polar surface area (TPSA) is 69.6 Å². The van der Waals surface area contributed by atoms with Gasteiger partial charge in [0.1, 0.15) is 6.04 Å². The summed E-state index contributed by atoms with van der Waals surface area (Å²) >= 11 is 7.16. The Kier molecular flexibility index (Phi) is 3.98. The van der Waals surface area contributed by atoms with Crippen molar-refractivity contribution in [2.45, 2.75) is 6.04 Å². The number of nitrogens with one attached hydrogen (secondary N) is 1. The molecule has 2 amide bonds. The summed E-state index contributed by atoms with van der Waals surface area (Å²) in [6, 6.07) is 5.48. The van der Waals surface area contributed by atoms with E-state index in [1.165, 1.54) is 16.7 Å². The Morgan fingerprint density at radius 1 is 1.39 bits per heavy atom. The molecular formula is C11H11ClN2O3S. The van der Waals surface area contributed by atoms with E-state index in [2.05, 4.69) is 5.32 Å². The molecule has 5 nitrogen and oxygen atoms in total. The monoisotopic (exact) mass is 286 g/mol. The van der Waals surface area contributed by atoms with Gasteiger partial charge >= 0.3 is 12.0 Å². The average Bonchev–Trinajstić information content (AvgIpc) is 2.81. The third kappa shape index (κ3) is 2.88. The lowest BCUT2D eigenvalue weighted by Gasteiger charge is -2.20. The Bertz CT molecular complexity index is 466. The number of amides is 2. The van der Waals surface area contributed by atoms with Gasteiger partial charge in [-0.15, -0.1) is 11.8 Å². The molecule has 1 saturated heterocycles. The maximum atomic E-state index is 11.9. The summed E-state index contributed by atoms with van der Waals surface area (Å²) in [5.41, 5.74) is 0.588. The van der Waals surface area contributed by atoms with Crippen LogP contribution < -0.4 is 5.32 Å². The number of nitrogens with zero attached hydrogens (tertiary/aromatic N) is 1. The molecule has 0 saturated carbocycles. The van der Waals surface area contributed by atoms with E-state index in [1.807, 2.05) is 0 Å². The zero-order chi connectivity index (χ0) is 13.1. The third-order valence-electron chi connectivity index (χ3n) is 2.52. The van der Waals surface area contributed by atoms with Crippen molar-refractivity contribution < 1.29 is 14.7 Å². The molecule has 18 heavy (non-hydrogen) atoms. The molecule has 1 unspecified atom stereocenters. The number of thioether (sulfide) groups is 1. The summed E-state index contributed by atoms with van der Waals surface area (Å²) in [5, 5.41) is 12.2. The van der Waals surface area contributed by atoms with Gasteiger partial charge in [0.2, 0.25) is 0 Å². The van der Waals surface area contributed by atoms with E-state index in [0.29, 0.717) is 22.3 Å². The fourth-order valence-corrected chi connectivity index (χ4v) is 2.85. The molecule has 1 aromatic rings. The molecule has 1 fully saturated rings. The zero-order valence-corrected chi connectivity index (χ0v) is 10.9. The Morgan fingerprint density at radius 2 is 2.06 bits per heavy atom. The normalized spacial score (nSPS) is 18.7. The van der Waals surface area contributed by atoms with Crippen molar-refractivity contribution in [1.82, 2.24) is 4.90 Å². The molecule has 0 bridgehead atoms. The van der Waals surface area contributed by atoms with Gasteiger partial charge in [-0.25, -0.2) is 9.59 Å². The summed E-state index contributed by atoms with van der Waals surface area (Å²) in [6.45, 7) is 0. The number of rotatable bonds is 2. The van der Waals surface area contributed by atoms with Crippen LogP contribution in [0, 0.1) is 0 Å². The van der Waals surface area contributed by atoms with E-state index in [-0.39, 0.29) is 0 Å². The van der Waals surface area contributed by atoms with Gasteiger partial charge in [0.05, 0.1) is 5.88 Å². The molecule has 0 aliphatic carbocycles. The molecule has 2 rings (SSSR count). The van der Waals surface area contributed by atoms with Gasteiger partial charge in [-0.05, 0) is 24.3 Å². The zero-order valence-electron chi connectivity index (χ0n) is 9.30. The van der Waals surface area contributed by atoms with Crippen molar-refractivity contribution in [3.05, 3.63) is 29.3 Å². The SMILES string of the molecule is O=C(O)C1CSCN1C(=O)Nc1ccc(Cl)cc1. The van der Waals surface area contributed by atoms with E-state index in [9.17, 15) is 9.59 Å². The molecule has 1 aliphatic heterocycles. The van der Waals surface area contributed by atoms with E-state index in [0.717, 1.165) is 0 Å². The van der Waals surface area contributed by atoms with Crippen molar-refractivity contribution in [3.8, 4) is 0 Å². The minimum atomic E-state index is -0.980. The van der Waals surface area contributed by atoms with Gasteiger partial charge in [0.25, 0.3) is 0 Å². The number of urea groups is 1. The Hall–Kier alpha value is -1.40. The van der Waals surface area contributed by atoms with Crippen LogP contribution in [-0.4, -0.2) is 39.7 Å². The van der Waals surface area contributed by atoms with Crippen LogP contribution in [0.4, 0.5) is 10.5 Å². The first-order valence-electron chi connectivity index (χ1n) is 5.21. The van der Waals surface area contributed by atoms with Crippen LogP contribution in [0.2, 0.25) is 5.02 Å². The standard InChI is InChI=1S/C11H11ClN2O3S/c12-7-1-3-8(4-2-7)13-11(17)14-6-18-5-9(14)10(15)16/h1-4,9H,5-6H2,(H,13,17)(H,15,16). The largest absolute Gasteiger partial charge is 0.480 e. The van der Waals surface area contributed by atoms with Crippen LogP contribution in [0.3, 0.4) is 0 Å². The number of carbonyl (C=O) groups is 2.